The normalized spacial score (nSPS) is 7.50. The molecule has 0 aliphatic rings. The van der Waals surface area contributed by atoms with Crippen molar-refractivity contribution in [2.75, 3.05) is 5.75 Å². The zero-order chi connectivity index (χ0) is 4.99. The second-order valence-electron chi connectivity index (χ2n) is 0.648. The number of carbonyl (C=O) groups is 1. The minimum Gasteiger partial charge on any atom is -0.543 e. The summed E-state index contributed by atoms with van der Waals surface area (Å²) in [7, 11) is 4.38. The van der Waals surface area contributed by atoms with Crippen molar-refractivity contribution in [2.24, 2.45) is 0 Å². The maximum atomic E-state index is 9.76. The van der Waals surface area contributed by atoms with Crippen LogP contribution in [0, 0.1) is 0 Å². The van der Waals surface area contributed by atoms with Crippen LogP contribution in [0.3, 0.4) is 0 Å². The molecule has 0 amide bonds. The molecule has 0 aliphatic heterocycles. The predicted octanol–water partition coefficient (Wildman–Crippen LogP) is -0.457. The smallest absolute Gasteiger partial charge is 0.378 e. The quantitative estimate of drug-likeness (QED) is 0.358. The minimum atomic E-state index is -0.515. The van der Waals surface area contributed by atoms with E-state index in [0.29, 0.717) is 0 Å². The van der Waals surface area contributed by atoms with Gasteiger partial charge in [0.05, 0.1) is 5.75 Å². The standard InChI is InChI=1S/C2H3BO2S/c3-5-2(4)1-6/h6H,1H2. The lowest BCUT2D eigenvalue weighted by atomic mass is 10.6. The Morgan fingerprint density at radius 1 is 2.00 bits per heavy atom. The lowest BCUT2D eigenvalue weighted by molar-refractivity contribution is -0.131. The highest BCUT2D eigenvalue weighted by molar-refractivity contribution is 7.81. The molecule has 0 spiro atoms. The van der Waals surface area contributed by atoms with Gasteiger partial charge in [0.2, 0.25) is 0 Å². The highest BCUT2D eigenvalue weighted by Crippen LogP contribution is 1.73. The number of hydrogen-bond acceptors (Lipinski definition) is 3. The van der Waals surface area contributed by atoms with Crippen molar-refractivity contribution in [2.45, 2.75) is 0 Å². The van der Waals surface area contributed by atoms with E-state index >= 15 is 0 Å². The first-order chi connectivity index (χ1) is 2.81. The van der Waals surface area contributed by atoms with Crippen LogP contribution in [0.1, 0.15) is 0 Å². The number of hydrogen-bond donors (Lipinski definition) is 1. The summed E-state index contributed by atoms with van der Waals surface area (Å²) in [6, 6.07) is 0. The van der Waals surface area contributed by atoms with Crippen LogP contribution in [-0.2, 0) is 9.45 Å². The van der Waals surface area contributed by atoms with Crippen LogP contribution in [0.2, 0.25) is 0 Å². The van der Waals surface area contributed by atoms with E-state index in [1.807, 2.05) is 0 Å². The van der Waals surface area contributed by atoms with Gasteiger partial charge in [-0.1, -0.05) is 0 Å². The molecule has 0 N–H and O–H groups in total. The molecular formula is C2H3BO2S. The van der Waals surface area contributed by atoms with E-state index in [1.165, 1.54) is 0 Å². The van der Waals surface area contributed by atoms with Crippen molar-refractivity contribution < 1.29 is 9.45 Å². The maximum Gasteiger partial charge on any atom is 0.378 e. The summed E-state index contributed by atoms with van der Waals surface area (Å²) in [6.45, 7) is 0. The second kappa shape index (κ2) is 3.09. The Morgan fingerprint density at radius 2 is 2.50 bits per heavy atom. The van der Waals surface area contributed by atoms with E-state index in [-0.39, 0.29) is 5.75 Å². The van der Waals surface area contributed by atoms with Crippen molar-refractivity contribution >= 4 is 26.6 Å². The van der Waals surface area contributed by atoms with Crippen LogP contribution in [0.4, 0.5) is 0 Å². The molecule has 0 rings (SSSR count). The summed E-state index contributed by atoms with van der Waals surface area (Å²) < 4.78 is 3.68. The van der Waals surface area contributed by atoms with Crippen LogP contribution in [0.5, 0.6) is 0 Å². The van der Waals surface area contributed by atoms with Gasteiger partial charge in [0.1, 0.15) is 0 Å². The molecule has 0 aromatic rings. The number of rotatable bonds is 1. The molecule has 0 saturated heterocycles. The van der Waals surface area contributed by atoms with Crippen molar-refractivity contribution in [3.63, 3.8) is 0 Å². The maximum absolute atomic E-state index is 9.76. The third-order valence-corrected chi connectivity index (χ3v) is 0.519. The van der Waals surface area contributed by atoms with Crippen molar-refractivity contribution in [3.8, 4) is 0 Å². The van der Waals surface area contributed by atoms with Gasteiger partial charge >= 0.3 is 8.05 Å². The van der Waals surface area contributed by atoms with E-state index in [9.17, 15) is 4.79 Å². The topological polar surface area (TPSA) is 26.3 Å². The van der Waals surface area contributed by atoms with Crippen LogP contribution in [-0.4, -0.2) is 19.8 Å². The summed E-state index contributed by atoms with van der Waals surface area (Å²) in [4.78, 5) is 9.76. The van der Waals surface area contributed by atoms with Gasteiger partial charge in [-0.15, -0.1) is 0 Å². The van der Waals surface area contributed by atoms with Crippen molar-refractivity contribution in [3.05, 3.63) is 0 Å². The lowest BCUT2D eigenvalue weighted by Gasteiger charge is -1.87. The third-order valence-electron chi connectivity index (χ3n) is 0.261. The SMILES string of the molecule is [B]OC(=O)CS. The first kappa shape index (κ1) is 5.88. The fourth-order valence-electron chi connectivity index (χ4n) is 0.0373. The van der Waals surface area contributed by atoms with Crippen LogP contribution < -0.4 is 0 Å². The molecule has 0 aromatic carbocycles. The van der Waals surface area contributed by atoms with Gasteiger partial charge < -0.3 is 4.65 Å². The summed E-state index contributed by atoms with van der Waals surface area (Å²) in [5.41, 5.74) is 0. The predicted molar refractivity (Wildman–Crippen MR) is 25.7 cm³/mol. The molecule has 0 unspecified atom stereocenters. The van der Waals surface area contributed by atoms with Gasteiger partial charge in [0, 0.05) is 0 Å². The molecule has 32 valence electrons. The molecule has 0 bridgehead atoms. The molecule has 6 heavy (non-hydrogen) atoms. The van der Waals surface area contributed by atoms with Gasteiger partial charge in [-0.05, 0) is 0 Å². The Bertz CT molecular complexity index is 49.5. The molecule has 0 aromatic heterocycles. The van der Waals surface area contributed by atoms with Gasteiger partial charge in [-0.3, -0.25) is 4.79 Å². The average molecular weight is 102 g/mol. The third kappa shape index (κ3) is 2.14. The Morgan fingerprint density at radius 3 is 2.50 bits per heavy atom. The van der Waals surface area contributed by atoms with Gasteiger partial charge in [-0.25, -0.2) is 0 Å². The van der Waals surface area contributed by atoms with E-state index in [1.54, 1.807) is 0 Å². The van der Waals surface area contributed by atoms with E-state index in [0.717, 1.165) is 0 Å². The Hall–Kier alpha value is -0.115. The zero-order valence-corrected chi connectivity index (χ0v) is 3.94. The largest absolute Gasteiger partial charge is 0.543 e. The molecule has 0 atom stereocenters. The van der Waals surface area contributed by atoms with Crippen molar-refractivity contribution in [1.82, 2.24) is 0 Å². The fraction of sp³-hybridized carbons (Fsp3) is 0.500. The first-order valence-corrected chi connectivity index (χ1v) is 1.95. The van der Waals surface area contributed by atoms with Gasteiger partial charge in [-0.2, -0.15) is 12.6 Å². The molecule has 0 heterocycles. The summed E-state index contributed by atoms with van der Waals surface area (Å²) in [6.07, 6.45) is 0. The Labute approximate surface area is 42.7 Å². The lowest BCUT2D eigenvalue weighted by Crippen LogP contribution is -2.00. The highest BCUT2D eigenvalue weighted by atomic mass is 32.1. The molecule has 2 radical (unpaired) electrons. The molecule has 4 heteroatoms. The summed E-state index contributed by atoms with van der Waals surface area (Å²) in [5, 5.41) is 0. The van der Waals surface area contributed by atoms with E-state index in [4.69, 9.17) is 0 Å². The van der Waals surface area contributed by atoms with Crippen LogP contribution in [0.15, 0.2) is 0 Å². The summed E-state index contributed by atoms with van der Waals surface area (Å²) in [5.74, 6) is -0.477. The zero-order valence-electron chi connectivity index (χ0n) is 3.05. The fourth-order valence-corrected chi connectivity index (χ4v) is 0.112. The Kier molecular flexibility index (Phi) is 3.03. The molecule has 2 nitrogen and oxygen atoms in total. The Balaban J connectivity index is 2.99. The monoisotopic (exact) mass is 102 g/mol. The molecule has 0 aliphatic carbocycles. The summed E-state index contributed by atoms with van der Waals surface area (Å²) >= 11 is 3.54. The van der Waals surface area contributed by atoms with E-state index < -0.39 is 5.97 Å². The van der Waals surface area contributed by atoms with E-state index in [2.05, 4.69) is 25.3 Å². The molecular weight excluding hydrogens is 98.9 g/mol. The van der Waals surface area contributed by atoms with Crippen molar-refractivity contribution in [1.29, 1.82) is 0 Å². The highest BCUT2D eigenvalue weighted by Gasteiger charge is 1.88. The number of carbonyl (C=O) groups excluding carboxylic acids is 1. The van der Waals surface area contributed by atoms with Crippen LogP contribution >= 0.6 is 12.6 Å². The molecule has 0 fully saturated rings. The van der Waals surface area contributed by atoms with Crippen LogP contribution in [0.25, 0.3) is 0 Å². The second-order valence-corrected chi connectivity index (χ2v) is 0.964. The minimum absolute atomic E-state index is 0.0382. The molecule has 0 saturated carbocycles. The van der Waals surface area contributed by atoms with Gasteiger partial charge in [0.15, 0.2) is 0 Å². The van der Waals surface area contributed by atoms with Gasteiger partial charge in [0.25, 0.3) is 5.97 Å². The first-order valence-electron chi connectivity index (χ1n) is 1.31. The average Bonchev–Trinajstić information content (AvgIpc) is 1.65. The number of thiol groups is 1.